The maximum absolute atomic E-state index is 12.4. The number of halogens is 2. The van der Waals surface area contributed by atoms with E-state index in [9.17, 15) is 9.90 Å². The third-order valence-electron chi connectivity index (χ3n) is 5.33. The number of hydrogen-bond donors (Lipinski definition) is 3. The van der Waals surface area contributed by atoms with Crippen LogP contribution in [0.2, 0.25) is 10.0 Å². The van der Waals surface area contributed by atoms with Crippen molar-refractivity contribution in [1.82, 2.24) is 30.5 Å². The zero-order valence-corrected chi connectivity index (χ0v) is 17.1. The second-order valence-electron chi connectivity index (χ2n) is 7.43. The molecule has 156 valence electrons. The van der Waals surface area contributed by atoms with Crippen molar-refractivity contribution >= 4 is 29.3 Å². The number of benzene rings is 1. The molecule has 1 aromatic carbocycles. The predicted octanol–water partition coefficient (Wildman–Crippen LogP) is 1.68. The summed E-state index contributed by atoms with van der Waals surface area (Å²) in [5.41, 5.74) is 1.49. The summed E-state index contributed by atoms with van der Waals surface area (Å²) in [6.07, 6.45) is 0.510. The Labute approximate surface area is 177 Å². The van der Waals surface area contributed by atoms with Gasteiger partial charge in [-0.1, -0.05) is 23.2 Å². The standard InChI is InChI=1S/C18H22Cl2N6O3/c19-14-1-11(2-15(20)3-14)10-29-18(28)26-8-12-6-25(7-13(12)9-26)17(27)21-4-16-5-22-24-23-16/h1-3,5,12-13,17,21,27H,4,6-10H2,(H,22,23,24). The summed E-state index contributed by atoms with van der Waals surface area (Å²) in [4.78, 5) is 16.1. The topological polar surface area (TPSA) is 107 Å². The molecular formula is C18H22Cl2N6O3. The maximum atomic E-state index is 12.4. The maximum Gasteiger partial charge on any atom is 0.410 e. The number of fused-ring (bicyclic) bond motifs is 1. The average molecular weight is 441 g/mol. The lowest BCUT2D eigenvalue weighted by molar-refractivity contribution is -0.0152. The van der Waals surface area contributed by atoms with Gasteiger partial charge in [-0.3, -0.25) is 10.2 Å². The highest BCUT2D eigenvalue weighted by atomic mass is 35.5. The molecule has 0 bridgehead atoms. The number of carbonyl (C=O) groups is 1. The molecule has 3 unspecified atom stereocenters. The van der Waals surface area contributed by atoms with Gasteiger partial charge in [-0.2, -0.15) is 15.4 Å². The fraction of sp³-hybridized carbons (Fsp3) is 0.500. The molecule has 2 aliphatic rings. The minimum atomic E-state index is -0.759. The van der Waals surface area contributed by atoms with Gasteiger partial charge in [-0.25, -0.2) is 4.79 Å². The van der Waals surface area contributed by atoms with Gasteiger partial charge in [0.15, 0.2) is 6.35 Å². The van der Waals surface area contributed by atoms with E-state index in [1.54, 1.807) is 29.3 Å². The highest BCUT2D eigenvalue weighted by Crippen LogP contribution is 2.32. The van der Waals surface area contributed by atoms with Crippen LogP contribution in [0.4, 0.5) is 4.79 Å². The molecule has 2 saturated heterocycles. The summed E-state index contributed by atoms with van der Waals surface area (Å²) in [5, 5.41) is 24.6. The first-order valence-electron chi connectivity index (χ1n) is 9.35. The van der Waals surface area contributed by atoms with Gasteiger partial charge >= 0.3 is 6.09 Å². The Hall–Kier alpha value is -1.91. The number of aromatic nitrogens is 3. The molecule has 11 heteroatoms. The quantitative estimate of drug-likeness (QED) is 0.586. The van der Waals surface area contributed by atoms with Crippen molar-refractivity contribution in [3.8, 4) is 0 Å². The number of aromatic amines is 1. The predicted molar refractivity (Wildman–Crippen MR) is 106 cm³/mol. The SMILES string of the molecule is O=C(OCc1cc(Cl)cc(Cl)c1)N1CC2CN(C(O)NCc3cn[nH]n3)CC2C1. The van der Waals surface area contributed by atoms with Crippen molar-refractivity contribution in [2.75, 3.05) is 26.2 Å². The molecule has 0 aliphatic carbocycles. The summed E-state index contributed by atoms with van der Waals surface area (Å²) in [5.74, 6) is 0.623. The number of carbonyl (C=O) groups excluding carboxylic acids is 1. The van der Waals surface area contributed by atoms with Gasteiger partial charge < -0.3 is 14.7 Å². The summed E-state index contributed by atoms with van der Waals surface area (Å²) < 4.78 is 5.42. The van der Waals surface area contributed by atoms with Crippen molar-refractivity contribution in [3.05, 3.63) is 45.7 Å². The van der Waals surface area contributed by atoms with Crippen LogP contribution in [0.25, 0.3) is 0 Å². The minimum absolute atomic E-state index is 0.127. The van der Waals surface area contributed by atoms with Crippen molar-refractivity contribution in [2.45, 2.75) is 19.5 Å². The van der Waals surface area contributed by atoms with Gasteiger partial charge in [0.2, 0.25) is 0 Å². The fourth-order valence-electron chi connectivity index (χ4n) is 3.94. The number of aliphatic hydroxyl groups excluding tert-OH is 1. The van der Waals surface area contributed by atoms with E-state index in [-0.39, 0.29) is 12.7 Å². The van der Waals surface area contributed by atoms with Gasteiger partial charge in [0.1, 0.15) is 6.61 Å². The number of nitrogens with one attached hydrogen (secondary N) is 2. The molecule has 2 aliphatic heterocycles. The normalized spacial score (nSPS) is 22.7. The molecule has 2 fully saturated rings. The van der Waals surface area contributed by atoms with Crippen molar-refractivity contribution in [3.63, 3.8) is 0 Å². The number of likely N-dealkylation sites (tertiary alicyclic amines) is 2. The Bertz CT molecular complexity index is 818. The Balaban J connectivity index is 1.22. The molecule has 0 radical (unpaired) electrons. The minimum Gasteiger partial charge on any atom is -0.445 e. The van der Waals surface area contributed by atoms with Gasteiger partial charge in [0.25, 0.3) is 0 Å². The molecule has 3 atom stereocenters. The van der Waals surface area contributed by atoms with Crippen molar-refractivity contribution in [2.24, 2.45) is 11.8 Å². The first kappa shape index (κ1) is 20.4. The second-order valence-corrected chi connectivity index (χ2v) is 8.30. The number of hydrogen-bond acceptors (Lipinski definition) is 7. The lowest BCUT2D eigenvalue weighted by Gasteiger charge is -2.26. The van der Waals surface area contributed by atoms with Crippen LogP contribution in [0.15, 0.2) is 24.4 Å². The molecule has 0 saturated carbocycles. The van der Waals surface area contributed by atoms with E-state index in [0.29, 0.717) is 54.6 Å². The zero-order valence-electron chi connectivity index (χ0n) is 15.6. The fourth-order valence-corrected chi connectivity index (χ4v) is 4.52. The Morgan fingerprint density at radius 3 is 2.55 bits per heavy atom. The van der Waals surface area contributed by atoms with Crippen LogP contribution in [0.3, 0.4) is 0 Å². The molecule has 29 heavy (non-hydrogen) atoms. The van der Waals surface area contributed by atoms with Gasteiger partial charge in [0, 0.05) is 42.8 Å². The summed E-state index contributed by atoms with van der Waals surface area (Å²) >= 11 is 11.9. The van der Waals surface area contributed by atoms with Crippen molar-refractivity contribution in [1.29, 1.82) is 0 Å². The van der Waals surface area contributed by atoms with E-state index < -0.39 is 6.35 Å². The molecule has 1 aromatic heterocycles. The van der Waals surface area contributed by atoms with E-state index in [2.05, 4.69) is 20.7 Å². The van der Waals surface area contributed by atoms with E-state index in [1.165, 1.54) is 0 Å². The monoisotopic (exact) mass is 440 g/mol. The lowest BCUT2D eigenvalue weighted by Crippen LogP contribution is -2.45. The Morgan fingerprint density at radius 1 is 1.24 bits per heavy atom. The number of H-pyrrole nitrogens is 1. The van der Waals surface area contributed by atoms with E-state index in [4.69, 9.17) is 27.9 Å². The lowest BCUT2D eigenvalue weighted by atomic mass is 10.0. The Morgan fingerprint density at radius 2 is 1.93 bits per heavy atom. The molecule has 0 spiro atoms. The number of nitrogens with zero attached hydrogens (tertiary/aromatic N) is 4. The van der Waals surface area contributed by atoms with Crippen LogP contribution >= 0.6 is 23.2 Å². The number of amides is 1. The van der Waals surface area contributed by atoms with E-state index in [1.807, 2.05) is 4.90 Å². The zero-order chi connectivity index (χ0) is 20.4. The molecule has 1 amide bonds. The number of rotatable bonds is 6. The molecular weight excluding hydrogens is 419 g/mol. The Kier molecular flexibility index (Phi) is 6.21. The van der Waals surface area contributed by atoms with Crippen molar-refractivity contribution < 1.29 is 14.6 Å². The smallest absolute Gasteiger partial charge is 0.410 e. The summed E-state index contributed by atoms with van der Waals surface area (Å²) in [7, 11) is 0. The van der Waals surface area contributed by atoms with Gasteiger partial charge in [-0.15, -0.1) is 0 Å². The van der Waals surface area contributed by atoms with Crippen LogP contribution in [0.1, 0.15) is 11.3 Å². The molecule has 3 heterocycles. The highest BCUT2D eigenvalue weighted by Gasteiger charge is 2.43. The second kappa shape index (κ2) is 8.85. The van der Waals surface area contributed by atoms with Crippen LogP contribution in [0, 0.1) is 11.8 Å². The third-order valence-corrected chi connectivity index (χ3v) is 5.77. The van der Waals surface area contributed by atoms with E-state index in [0.717, 1.165) is 11.3 Å². The molecule has 3 N–H and O–H groups in total. The largest absolute Gasteiger partial charge is 0.445 e. The summed E-state index contributed by atoms with van der Waals surface area (Å²) in [6.45, 7) is 3.21. The van der Waals surface area contributed by atoms with Gasteiger partial charge in [-0.05, 0) is 35.6 Å². The first-order chi connectivity index (χ1) is 14.0. The molecule has 2 aromatic rings. The van der Waals surface area contributed by atoms with E-state index >= 15 is 0 Å². The van der Waals surface area contributed by atoms with Crippen LogP contribution in [-0.2, 0) is 17.9 Å². The first-order valence-corrected chi connectivity index (χ1v) is 10.1. The van der Waals surface area contributed by atoms with Crippen LogP contribution in [0.5, 0.6) is 0 Å². The average Bonchev–Trinajstić information content (AvgIpc) is 3.39. The van der Waals surface area contributed by atoms with Crippen LogP contribution < -0.4 is 5.32 Å². The highest BCUT2D eigenvalue weighted by molar-refractivity contribution is 6.34. The molecule has 4 rings (SSSR count). The van der Waals surface area contributed by atoms with Gasteiger partial charge in [0.05, 0.1) is 11.9 Å². The molecule has 9 nitrogen and oxygen atoms in total. The summed E-state index contributed by atoms with van der Waals surface area (Å²) in [6, 6.07) is 5.09. The number of aliphatic hydroxyl groups is 1. The number of ether oxygens (including phenoxy) is 1. The van der Waals surface area contributed by atoms with Crippen LogP contribution in [-0.4, -0.2) is 68.9 Å². The third kappa shape index (κ3) is 4.99.